The average Bonchev–Trinajstić information content (AvgIpc) is 2.28. The largest absolute Gasteiger partial charge is 0.497 e. The van der Waals surface area contributed by atoms with Gasteiger partial charge in [0.15, 0.2) is 0 Å². The van der Waals surface area contributed by atoms with Crippen molar-refractivity contribution < 1.29 is 4.74 Å². The Morgan fingerprint density at radius 3 is 2.47 bits per heavy atom. The SMILES string of the molecule is COc1ccc(Nc2nc(C)cc(Cl)n2)cc1. The first-order valence-corrected chi connectivity index (χ1v) is 5.47. The average molecular weight is 250 g/mol. The van der Waals surface area contributed by atoms with E-state index >= 15 is 0 Å². The number of nitrogens with one attached hydrogen (secondary N) is 1. The minimum Gasteiger partial charge on any atom is -0.497 e. The predicted molar refractivity (Wildman–Crippen MR) is 68.1 cm³/mol. The van der Waals surface area contributed by atoms with Gasteiger partial charge in [0.1, 0.15) is 10.9 Å². The minimum absolute atomic E-state index is 0.425. The van der Waals surface area contributed by atoms with Crippen LogP contribution in [0.25, 0.3) is 0 Å². The van der Waals surface area contributed by atoms with Crippen molar-refractivity contribution in [1.82, 2.24) is 9.97 Å². The number of anilines is 2. The van der Waals surface area contributed by atoms with Crippen molar-refractivity contribution in [2.45, 2.75) is 6.92 Å². The summed E-state index contributed by atoms with van der Waals surface area (Å²) < 4.78 is 5.08. The molecule has 0 atom stereocenters. The van der Waals surface area contributed by atoms with E-state index in [2.05, 4.69) is 15.3 Å². The Labute approximate surface area is 105 Å². The highest BCUT2D eigenvalue weighted by Gasteiger charge is 2.01. The van der Waals surface area contributed by atoms with Gasteiger partial charge in [0, 0.05) is 11.4 Å². The molecule has 4 nitrogen and oxygen atoms in total. The van der Waals surface area contributed by atoms with Crippen molar-refractivity contribution in [1.29, 1.82) is 0 Å². The van der Waals surface area contributed by atoms with Crippen LogP contribution in [0.1, 0.15) is 5.69 Å². The second kappa shape index (κ2) is 5.01. The Bertz CT molecular complexity index is 493. The standard InChI is InChI=1S/C12H12ClN3O/c1-8-7-11(13)16-12(14-8)15-9-3-5-10(17-2)6-4-9/h3-7H,1-2H3,(H,14,15,16). The summed E-state index contributed by atoms with van der Waals surface area (Å²) in [6.45, 7) is 1.87. The first-order valence-electron chi connectivity index (χ1n) is 5.09. The topological polar surface area (TPSA) is 47.0 Å². The van der Waals surface area contributed by atoms with Gasteiger partial charge in [0.25, 0.3) is 0 Å². The lowest BCUT2D eigenvalue weighted by molar-refractivity contribution is 0.415. The van der Waals surface area contributed by atoms with E-state index in [-0.39, 0.29) is 0 Å². The highest BCUT2D eigenvalue weighted by atomic mass is 35.5. The van der Waals surface area contributed by atoms with Gasteiger partial charge in [-0.3, -0.25) is 0 Å². The Balaban J connectivity index is 2.19. The van der Waals surface area contributed by atoms with Crippen molar-refractivity contribution in [2.75, 3.05) is 12.4 Å². The molecule has 5 heteroatoms. The molecular weight excluding hydrogens is 238 g/mol. The van der Waals surface area contributed by atoms with Gasteiger partial charge in [-0.1, -0.05) is 11.6 Å². The third-order valence-electron chi connectivity index (χ3n) is 2.17. The van der Waals surface area contributed by atoms with Crippen molar-refractivity contribution in [2.24, 2.45) is 0 Å². The summed E-state index contributed by atoms with van der Waals surface area (Å²) in [5.74, 6) is 1.29. The summed E-state index contributed by atoms with van der Waals surface area (Å²) in [5, 5.41) is 3.50. The molecule has 0 aliphatic rings. The number of nitrogens with zero attached hydrogens (tertiary/aromatic N) is 2. The molecule has 1 N–H and O–H groups in total. The lowest BCUT2D eigenvalue weighted by atomic mass is 10.3. The third kappa shape index (κ3) is 3.07. The van der Waals surface area contributed by atoms with Gasteiger partial charge in [0.05, 0.1) is 7.11 Å². The number of halogens is 1. The molecule has 0 saturated heterocycles. The first kappa shape index (κ1) is 11.7. The maximum atomic E-state index is 5.85. The van der Waals surface area contributed by atoms with Gasteiger partial charge in [-0.25, -0.2) is 9.97 Å². The van der Waals surface area contributed by atoms with Crippen molar-refractivity contribution in [3.05, 3.63) is 41.2 Å². The van der Waals surface area contributed by atoms with E-state index in [1.807, 2.05) is 31.2 Å². The molecule has 0 aliphatic heterocycles. The van der Waals surface area contributed by atoms with Crippen molar-refractivity contribution in [3.63, 3.8) is 0 Å². The molecule has 17 heavy (non-hydrogen) atoms. The second-order valence-electron chi connectivity index (χ2n) is 3.51. The zero-order valence-corrected chi connectivity index (χ0v) is 10.3. The lowest BCUT2D eigenvalue weighted by Gasteiger charge is -2.06. The van der Waals surface area contributed by atoms with E-state index in [1.165, 1.54) is 0 Å². The van der Waals surface area contributed by atoms with Gasteiger partial charge < -0.3 is 10.1 Å². The lowest BCUT2D eigenvalue weighted by Crippen LogP contribution is -1.98. The maximum absolute atomic E-state index is 5.85. The molecule has 0 bridgehead atoms. The zero-order valence-electron chi connectivity index (χ0n) is 9.57. The summed E-state index contributed by atoms with van der Waals surface area (Å²) >= 11 is 5.85. The van der Waals surface area contributed by atoms with Crippen LogP contribution in [0.5, 0.6) is 5.75 Å². The molecule has 0 saturated carbocycles. The fraction of sp³-hybridized carbons (Fsp3) is 0.167. The van der Waals surface area contributed by atoms with E-state index in [0.717, 1.165) is 17.1 Å². The monoisotopic (exact) mass is 249 g/mol. The second-order valence-corrected chi connectivity index (χ2v) is 3.90. The van der Waals surface area contributed by atoms with Crippen LogP contribution >= 0.6 is 11.6 Å². The molecule has 0 radical (unpaired) electrons. The molecule has 1 aromatic carbocycles. The van der Waals surface area contributed by atoms with Crippen LogP contribution in [0, 0.1) is 6.92 Å². The van der Waals surface area contributed by atoms with Crippen LogP contribution in [-0.4, -0.2) is 17.1 Å². The number of aryl methyl sites for hydroxylation is 1. The summed E-state index contributed by atoms with van der Waals surface area (Å²) in [4.78, 5) is 8.32. The highest BCUT2D eigenvalue weighted by molar-refractivity contribution is 6.29. The quantitative estimate of drug-likeness (QED) is 0.849. The number of rotatable bonds is 3. The smallest absolute Gasteiger partial charge is 0.228 e. The molecule has 1 aromatic heterocycles. The number of methoxy groups -OCH3 is 1. The fourth-order valence-corrected chi connectivity index (χ4v) is 1.63. The van der Waals surface area contributed by atoms with Crippen LogP contribution in [-0.2, 0) is 0 Å². The molecule has 0 fully saturated rings. The molecule has 2 aromatic rings. The number of hydrogen-bond acceptors (Lipinski definition) is 4. The maximum Gasteiger partial charge on any atom is 0.228 e. The van der Waals surface area contributed by atoms with Crippen LogP contribution < -0.4 is 10.1 Å². The van der Waals surface area contributed by atoms with Crippen LogP contribution in [0.3, 0.4) is 0 Å². The summed E-state index contributed by atoms with van der Waals surface area (Å²) in [6, 6.07) is 9.21. The highest BCUT2D eigenvalue weighted by Crippen LogP contribution is 2.19. The molecule has 88 valence electrons. The number of ether oxygens (including phenoxy) is 1. The molecule has 2 rings (SSSR count). The third-order valence-corrected chi connectivity index (χ3v) is 2.36. The van der Waals surface area contributed by atoms with Gasteiger partial charge >= 0.3 is 0 Å². The van der Waals surface area contributed by atoms with E-state index in [0.29, 0.717) is 11.1 Å². The first-order chi connectivity index (χ1) is 8.17. The van der Waals surface area contributed by atoms with Gasteiger partial charge in [-0.15, -0.1) is 0 Å². The predicted octanol–water partition coefficient (Wildman–Crippen LogP) is 3.19. The Kier molecular flexibility index (Phi) is 3.44. The number of hydrogen-bond donors (Lipinski definition) is 1. The Morgan fingerprint density at radius 1 is 1.18 bits per heavy atom. The van der Waals surface area contributed by atoms with Gasteiger partial charge in [-0.2, -0.15) is 0 Å². The zero-order chi connectivity index (χ0) is 12.3. The van der Waals surface area contributed by atoms with Crippen LogP contribution in [0.2, 0.25) is 5.15 Å². The van der Waals surface area contributed by atoms with Crippen molar-refractivity contribution >= 4 is 23.2 Å². The normalized spacial score (nSPS) is 10.1. The Hall–Kier alpha value is -1.81. The molecular formula is C12H12ClN3O. The van der Waals surface area contributed by atoms with Crippen LogP contribution in [0.15, 0.2) is 30.3 Å². The molecule has 0 aliphatic carbocycles. The molecule has 0 spiro atoms. The fourth-order valence-electron chi connectivity index (χ4n) is 1.39. The van der Waals surface area contributed by atoms with E-state index in [4.69, 9.17) is 16.3 Å². The minimum atomic E-state index is 0.425. The molecule has 0 amide bonds. The van der Waals surface area contributed by atoms with E-state index in [9.17, 15) is 0 Å². The summed E-state index contributed by atoms with van der Waals surface area (Å²) in [6.07, 6.45) is 0. The van der Waals surface area contributed by atoms with Crippen LogP contribution in [0.4, 0.5) is 11.6 Å². The number of benzene rings is 1. The Morgan fingerprint density at radius 2 is 1.88 bits per heavy atom. The number of aromatic nitrogens is 2. The van der Waals surface area contributed by atoms with E-state index in [1.54, 1.807) is 13.2 Å². The van der Waals surface area contributed by atoms with E-state index < -0.39 is 0 Å². The summed E-state index contributed by atoms with van der Waals surface area (Å²) in [5.41, 5.74) is 1.70. The molecule has 0 unspecified atom stereocenters. The summed E-state index contributed by atoms with van der Waals surface area (Å²) in [7, 11) is 1.63. The van der Waals surface area contributed by atoms with Gasteiger partial charge in [-0.05, 0) is 37.3 Å². The van der Waals surface area contributed by atoms with Crippen molar-refractivity contribution in [3.8, 4) is 5.75 Å². The molecule has 1 heterocycles. The van der Waals surface area contributed by atoms with Gasteiger partial charge in [0.2, 0.25) is 5.95 Å².